The minimum absolute atomic E-state index is 0.114. The first-order valence-corrected chi connectivity index (χ1v) is 6.53. The van der Waals surface area contributed by atoms with Crippen LogP contribution >= 0.6 is 0 Å². The molecule has 0 saturated heterocycles. The van der Waals surface area contributed by atoms with E-state index >= 15 is 0 Å². The monoisotopic (exact) mass is 243 g/mol. The summed E-state index contributed by atoms with van der Waals surface area (Å²) in [5.41, 5.74) is 0. The van der Waals surface area contributed by atoms with Crippen LogP contribution < -0.4 is 10.6 Å². The highest BCUT2D eigenvalue weighted by Crippen LogP contribution is 2.27. The van der Waals surface area contributed by atoms with Crippen LogP contribution in [-0.2, 0) is 0 Å². The van der Waals surface area contributed by atoms with Crippen molar-refractivity contribution in [3.05, 3.63) is 0 Å². The summed E-state index contributed by atoms with van der Waals surface area (Å²) in [5, 5.41) is 14.1. The Balaban J connectivity index is 2.07. The third-order valence-corrected chi connectivity index (χ3v) is 2.96. The summed E-state index contributed by atoms with van der Waals surface area (Å²) < 4.78 is 0. The number of hydrogen-bond acceptors (Lipinski definition) is 3. The topological polar surface area (TPSA) is 64.6 Å². The van der Waals surface area contributed by atoms with Gasteiger partial charge in [-0.3, -0.25) is 4.90 Å². The normalized spacial score (nSPS) is 15.4. The van der Waals surface area contributed by atoms with Crippen LogP contribution in [0.2, 0.25) is 0 Å². The Morgan fingerprint density at radius 1 is 1.35 bits per heavy atom. The predicted molar refractivity (Wildman–Crippen MR) is 68.0 cm³/mol. The van der Waals surface area contributed by atoms with Crippen molar-refractivity contribution in [1.82, 2.24) is 15.5 Å². The molecule has 0 bridgehead atoms. The van der Waals surface area contributed by atoms with Gasteiger partial charge in [-0.2, -0.15) is 0 Å². The second-order valence-electron chi connectivity index (χ2n) is 4.82. The number of hydrogen-bond donors (Lipinski definition) is 3. The molecule has 3 N–H and O–H groups in total. The van der Waals surface area contributed by atoms with E-state index in [0.717, 1.165) is 12.6 Å². The summed E-state index contributed by atoms with van der Waals surface area (Å²) in [6, 6.07) is 1.13. The van der Waals surface area contributed by atoms with E-state index in [0.29, 0.717) is 25.6 Å². The fraction of sp³-hybridized carbons (Fsp3) is 0.917. The minimum atomic E-state index is -0.141. The lowest BCUT2D eigenvalue weighted by Crippen LogP contribution is -2.43. The molecule has 0 aromatic carbocycles. The lowest BCUT2D eigenvalue weighted by atomic mass is 10.3. The van der Waals surface area contributed by atoms with E-state index < -0.39 is 0 Å². The highest BCUT2D eigenvalue weighted by atomic mass is 16.3. The van der Waals surface area contributed by atoms with Crippen LogP contribution in [0.15, 0.2) is 0 Å². The number of urea groups is 1. The van der Waals surface area contributed by atoms with E-state index in [1.54, 1.807) is 0 Å². The van der Waals surface area contributed by atoms with Crippen molar-refractivity contribution in [1.29, 1.82) is 0 Å². The van der Waals surface area contributed by atoms with Gasteiger partial charge in [0.2, 0.25) is 0 Å². The Morgan fingerprint density at radius 2 is 2.00 bits per heavy atom. The van der Waals surface area contributed by atoms with Crippen molar-refractivity contribution in [2.45, 2.75) is 45.2 Å². The first-order valence-electron chi connectivity index (χ1n) is 6.53. The third-order valence-electron chi connectivity index (χ3n) is 2.96. The molecule has 0 aromatic rings. The second-order valence-corrected chi connectivity index (χ2v) is 4.82. The molecule has 0 unspecified atom stereocenters. The summed E-state index contributed by atoms with van der Waals surface area (Å²) >= 11 is 0. The summed E-state index contributed by atoms with van der Waals surface area (Å²) in [6.45, 7) is 6.62. The van der Waals surface area contributed by atoms with E-state index in [-0.39, 0.29) is 12.6 Å². The molecule has 1 fully saturated rings. The number of aliphatic hydroxyl groups excluding tert-OH is 1. The molecule has 100 valence electrons. The number of carbonyl (C=O) groups is 1. The van der Waals surface area contributed by atoms with Crippen LogP contribution in [0.25, 0.3) is 0 Å². The first-order chi connectivity index (χ1) is 8.15. The lowest BCUT2D eigenvalue weighted by Gasteiger charge is -2.26. The Morgan fingerprint density at radius 3 is 2.53 bits per heavy atom. The van der Waals surface area contributed by atoms with E-state index in [1.165, 1.54) is 12.8 Å². The average molecular weight is 243 g/mol. The molecule has 0 aliphatic heterocycles. The van der Waals surface area contributed by atoms with Crippen molar-refractivity contribution in [2.75, 3.05) is 26.2 Å². The molecule has 1 rings (SSSR count). The zero-order valence-electron chi connectivity index (χ0n) is 10.9. The fourth-order valence-electron chi connectivity index (χ4n) is 1.91. The van der Waals surface area contributed by atoms with Gasteiger partial charge in [0.25, 0.3) is 0 Å². The maximum Gasteiger partial charge on any atom is 0.314 e. The van der Waals surface area contributed by atoms with Crippen molar-refractivity contribution < 1.29 is 9.90 Å². The molecule has 0 spiro atoms. The molecule has 1 saturated carbocycles. The van der Waals surface area contributed by atoms with E-state index in [1.807, 2.05) is 0 Å². The molecular weight excluding hydrogens is 218 g/mol. The minimum Gasteiger partial charge on any atom is -0.396 e. The molecule has 0 radical (unpaired) electrons. The van der Waals surface area contributed by atoms with Crippen LogP contribution in [0, 0.1) is 0 Å². The molecule has 0 aromatic heterocycles. The van der Waals surface area contributed by atoms with Gasteiger partial charge < -0.3 is 15.7 Å². The fourth-order valence-corrected chi connectivity index (χ4v) is 1.91. The number of nitrogens with zero attached hydrogens (tertiary/aromatic N) is 1. The Labute approximate surface area is 104 Å². The maximum atomic E-state index is 11.3. The van der Waals surface area contributed by atoms with Gasteiger partial charge in [-0.1, -0.05) is 0 Å². The zero-order chi connectivity index (χ0) is 12.7. The molecule has 2 amide bonds. The molecule has 5 nitrogen and oxygen atoms in total. The number of rotatable bonds is 8. The predicted octanol–water partition coefficient (Wildman–Crippen LogP) is 0.541. The van der Waals surface area contributed by atoms with Gasteiger partial charge in [-0.25, -0.2) is 4.79 Å². The summed E-state index contributed by atoms with van der Waals surface area (Å²) in [5.74, 6) is 0. The summed E-state index contributed by atoms with van der Waals surface area (Å²) in [4.78, 5) is 13.8. The molecule has 1 aliphatic rings. The van der Waals surface area contributed by atoms with Crippen molar-refractivity contribution >= 4 is 6.03 Å². The molecule has 5 heteroatoms. The number of carbonyl (C=O) groups excluding carboxylic acids is 1. The van der Waals surface area contributed by atoms with Gasteiger partial charge in [0, 0.05) is 38.3 Å². The van der Waals surface area contributed by atoms with E-state index in [2.05, 4.69) is 29.4 Å². The summed E-state index contributed by atoms with van der Waals surface area (Å²) in [7, 11) is 0. The first kappa shape index (κ1) is 14.3. The average Bonchev–Trinajstić information content (AvgIpc) is 3.08. The van der Waals surface area contributed by atoms with Crippen LogP contribution in [0.3, 0.4) is 0 Å². The van der Waals surface area contributed by atoms with Crippen molar-refractivity contribution in [3.8, 4) is 0 Å². The van der Waals surface area contributed by atoms with Gasteiger partial charge in [0.05, 0.1) is 0 Å². The van der Waals surface area contributed by atoms with E-state index in [9.17, 15) is 4.79 Å². The van der Waals surface area contributed by atoms with Gasteiger partial charge in [0.1, 0.15) is 0 Å². The van der Waals surface area contributed by atoms with Gasteiger partial charge >= 0.3 is 6.03 Å². The Kier molecular flexibility index (Phi) is 6.29. The summed E-state index contributed by atoms with van der Waals surface area (Å²) in [6.07, 6.45) is 3.19. The van der Waals surface area contributed by atoms with Gasteiger partial charge in [-0.15, -0.1) is 0 Å². The molecular formula is C12H25N3O2. The number of amides is 2. The van der Waals surface area contributed by atoms with Crippen molar-refractivity contribution in [2.24, 2.45) is 0 Å². The van der Waals surface area contributed by atoms with Crippen LogP contribution in [-0.4, -0.2) is 54.4 Å². The smallest absolute Gasteiger partial charge is 0.314 e. The van der Waals surface area contributed by atoms with Crippen molar-refractivity contribution in [3.63, 3.8) is 0 Å². The van der Waals surface area contributed by atoms with Crippen LogP contribution in [0.4, 0.5) is 4.79 Å². The van der Waals surface area contributed by atoms with E-state index in [4.69, 9.17) is 5.11 Å². The molecule has 0 heterocycles. The van der Waals surface area contributed by atoms with Crippen LogP contribution in [0.5, 0.6) is 0 Å². The number of nitrogens with one attached hydrogen (secondary N) is 2. The number of aliphatic hydroxyl groups is 1. The standard InChI is InChI=1S/C12H25N3O2/c1-10(2)15(11-4-5-11)8-7-14-12(17)13-6-3-9-16/h10-11,16H,3-9H2,1-2H3,(H2,13,14,17). The van der Waals surface area contributed by atoms with Gasteiger partial charge in [-0.05, 0) is 33.1 Å². The SMILES string of the molecule is CC(C)N(CCNC(=O)NCCCO)C1CC1. The Bertz CT molecular complexity index is 228. The second kappa shape index (κ2) is 7.50. The molecule has 17 heavy (non-hydrogen) atoms. The highest BCUT2D eigenvalue weighted by Gasteiger charge is 2.30. The van der Waals surface area contributed by atoms with Crippen LogP contribution in [0.1, 0.15) is 33.1 Å². The Hall–Kier alpha value is -0.810. The largest absolute Gasteiger partial charge is 0.396 e. The zero-order valence-corrected chi connectivity index (χ0v) is 10.9. The molecule has 1 aliphatic carbocycles. The van der Waals surface area contributed by atoms with Gasteiger partial charge in [0.15, 0.2) is 0 Å². The quantitative estimate of drug-likeness (QED) is 0.545. The maximum absolute atomic E-state index is 11.3. The third kappa shape index (κ3) is 5.89. The molecule has 0 atom stereocenters. The lowest BCUT2D eigenvalue weighted by molar-refractivity contribution is 0.207. The highest BCUT2D eigenvalue weighted by molar-refractivity contribution is 5.73.